The van der Waals surface area contributed by atoms with E-state index < -0.39 is 0 Å². The fourth-order valence-electron chi connectivity index (χ4n) is 0.966. The van der Waals surface area contributed by atoms with Crippen LogP contribution in [0.25, 0.3) is 0 Å². The highest BCUT2D eigenvalue weighted by Gasteiger charge is 2.04. The Morgan fingerprint density at radius 2 is 1.11 bits per heavy atom. The zero-order chi connectivity index (χ0) is 16.5. The lowest BCUT2D eigenvalue weighted by Gasteiger charge is -2.17. The average molecular weight is 279 g/mol. The minimum atomic E-state index is 0.819. The first kappa shape index (κ1) is 31.4. The smallest absolute Gasteiger partial charge is 0.00464 e. The van der Waals surface area contributed by atoms with Crippen molar-refractivity contribution in [3.05, 3.63) is 0 Å². The average Bonchev–Trinajstić information content (AvgIpc) is 2.56. The molecule has 2 nitrogen and oxygen atoms in total. The molecule has 2 heteroatoms. The van der Waals surface area contributed by atoms with Crippen LogP contribution in [-0.4, -0.2) is 19.6 Å². The molecule has 19 heavy (non-hydrogen) atoms. The Bertz CT molecular complexity index is 67.7. The van der Waals surface area contributed by atoms with E-state index in [-0.39, 0.29) is 0 Å². The molecule has 1 saturated heterocycles. The monoisotopic (exact) mass is 278 g/mol. The number of nitrogens with one attached hydrogen (secondary N) is 1. The summed E-state index contributed by atoms with van der Waals surface area (Å²) in [5.74, 6) is 0.973. The Morgan fingerprint density at radius 1 is 0.842 bits per heavy atom. The molecular formula is C17H46N2. The number of rotatable bonds is 1. The van der Waals surface area contributed by atoms with Crippen molar-refractivity contribution in [3.8, 4) is 0 Å². The van der Waals surface area contributed by atoms with Gasteiger partial charge in [0.2, 0.25) is 0 Å². The molecular weight excluding hydrogens is 232 g/mol. The first-order valence-corrected chi connectivity index (χ1v) is 8.72. The van der Waals surface area contributed by atoms with Gasteiger partial charge in [-0.15, -0.1) is 0 Å². The van der Waals surface area contributed by atoms with E-state index in [0.717, 1.165) is 18.9 Å². The Labute approximate surface area is 125 Å². The summed E-state index contributed by atoms with van der Waals surface area (Å²) in [6, 6.07) is 0. The SMILES string of the molecule is CC.CC.CC.CC.CC1CCNCC1.CCCN. The second-order valence-corrected chi connectivity index (χ2v) is 3.22. The predicted octanol–water partition coefficient (Wildman–Crippen LogP) is 5.47. The van der Waals surface area contributed by atoms with Crippen molar-refractivity contribution < 1.29 is 0 Å². The highest BCUT2D eigenvalue weighted by Crippen LogP contribution is 2.08. The molecule has 124 valence electrons. The largest absolute Gasteiger partial charge is 0.330 e. The molecule has 3 N–H and O–H groups in total. The van der Waals surface area contributed by atoms with E-state index in [1.165, 1.54) is 25.9 Å². The molecule has 0 radical (unpaired) electrons. The van der Waals surface area contributed by atoms with Crippen molar-refractivity contribution in [2.45, 2.75) is 88.5 Å². The molecule has 0 bridgehead atoms. The molecule has 1 fully saturated rings. The van der Waals surface area contributed by atoms with Gasteiger partial charge in [0, 0.05) is 0 Å². The van der Waals surface area contributed by atoms with Crippen LogP contribution in [0.1, 0.15) is 88.5 Å². The van der Waals surface area contributed by atoms with Gasteiger partial charge >= 0.3 is 0 Å². The third kappa shape index (κ3) is 57.1. The van der Waals surface area contributed by atoms with Gasteiger partial charge < -0.3 is 11.1 Å². The third-order valence-electron chi connectivity index (χ3n) is 1.92. The lowest BCUT2D eigenvalue weighted by molar-refractivity contribution is 0.402. The summed E-state index contributed by atoms with van der Waals surface area (Å²) in [5, 5.41) is 3.32. The van der Waals surface area contributed by atoms with Crippen LogP contribution in [0.5, 0.6) is 0 Å². The number of hydrogen-bond acceptors (Lipinski definition) is 2. The highest BCUT2D eigenvalue weighted by atomic mass is 14.9. The van der Waals surface area contributed by atoms with E-state index in [0.29, 0.717) is 0 Å². The number of piperidine rings is 1. The van der Waals surface area contributed by atoms with Crippen molar-refractivity contribution in [2.24, 2.45) is 11.7 Å². The molecule has 1 aliphatic heterocycles. The molecule has 0 spiro atoms. The molecule has 0 aliphatic carbocycles. The molecule has 0 atom stereocenters. The first-order chi connectivity index (χ1) is 9.31. The minimum Gasteiger partial charge on any atom is -0.330 e. The van der Waals surface area contributed by atoms with Gasteiger partial charge in [-0.05, 0) is 44.8 Å². The van der Waals surface area contributed by atoms with E-state index in [2.05, 4.69) is 19.2 Å². The second kappa shape index (κ2) is 52.1. The molecule has 0 unspecified atom stereocenters. The maximum atomic E-state index is 5.03. The van der Waals surface area contributed by atoms with Crippen LogP contribution in [0.3, 0.4) is 0 Å². The Kier molecular flexibility index (Phi) is 86.0. The summed E-state index contributed by atoms with van der Waals surface area (Å²) in [4.78, 5) is 0. The molecule has 0 aromatic rings. The first-order valence-electron chi connectivity index (χ1n) is 8.72. The zero-order valence-electron chi connectivity index (χ0n) is 15.9. The van der Waals surface area contributed by atoms with E-state index in [9.17, 15) is 0 Å². The minimum absolute atomic E-state index is 0.819. The van der Waals surface area contributed by atoms with Crippen molar-refractivity contribution in [1.82, 2.24) is 5.32 Å². The lowest BCUT2D eigenvalue weighted by Crippen LogP contribution is -2.26. The van der Waals surface area contributed by atoms with E-state index in [1.807, 2.05) is 55.4 Å². The quantitative estimate of drug-likeness (QED) is 0.668. The molecule has 1 heterocycles. The van der Waals surface area contributed by atoms with Gasteiger partial charge in [-0.1, -0.05) is 69.2 Å². The zero-order valence-corrected chi connectivity index (χ0v) is 15.9. The normalized spacial score (nSPS) is 12.2. The summed E-state index contributed by atoms with van der Waals surface area (Å²) in [6.45, 7) is 23.7. The topological polar surface area (TPSA) is 38.0 Å². The molecule has 1 rings (SSSR count). The molecule has 1 aliphatic rings. The standard InChI is InChI=1S/C6H13N.C3H9N.4C2H6/c1-6-2-4-7-5-3-6;1-2-3-4;4*1-2/h6-7H,2-5H2,1H3;2-4H2,1H3;4*1-2H3. The van der Waals surface area contributed by atoms with E-state index in [4.69, 9.17) is 5.73 Å². The fraction of sp³-hybridized carbons (Fsp3) is 1.00. The second-order valence-electron chi connectivity index (χ2n) is 3.22. The Balaban J connectivity index is -0.0000000475. The van der Waals surface area contributed by atoms with Crippen LogP contribution in [0.15, 0.2) is 0 Å². The third-order valence-corrected chi connectivity index (χ3v) is 1.92. The van der Waals surface area contributed by atoms with Gasteiger partial charge in [0.15, 0.2) is 0 Å². The summed E-state index contributed by atoms with van der Waals surface area (Å²) < 4.78 is 0. The van der Waals surface area contributed by atoms with Gasteiger partial charge in [0.1, 0.15) is 0 Å². The molecule has 0 saturated carbocycles. The van der Waals surface area contributed by atoms with Crippen LogP contribution in [0, 0.1) is 5.92 Å². The van der Waals surface area contributed by atoms with Crippen LogP contribution in [0.2, 0.25) is 0 Å². The lowest BCUT2D eigenvalue weighted by atomic mass is 10.0. The van der Waals surface area contributed by atoms with Crippen molar-refractivity contribution in [3.63, 3.8) is 0 Å². The maximum absolute atomic E-state index is 5.03. The molecule has 0 amide bonds. The van der Waals surface area contributed by atoms with Gasteiger partial charge in [-0.2, -0.15) is 0 Å². The maximum Gasteiger partial charge on any atom is -0.00464 e. The highest BCUT2D eigenvalue weighted by molar-refractivity contribution is 4.62. The van der Waals surface area contributed by atoms with Gasteiger partial charge in [0.05, 0.1) is 0 Å². The van der Waals surface area contributed by atoms with E-state index >= 15 is 0 Å². The van der Waals surface area contributed by atoms with Gasteiger partial charge in [-0.25, -0.2) is 0 Å². The fourth-order valence-corrected chi connectivity index (χ4v) is 0.966. The Morgan fingerprint density at radius 3 is 1.21 bits per heavy atom. The van der Waals surface area contributed by atoms with Crippen LogP contribution >= 0.6 is 0 Å². The van der Waals surface area contributed by atoms with E-state index in [1.54, 1.807) is 0 Å². The molecule has 0 aromatic heterocycles. The van der Waals surface area contributed by atoms with Crippen molar-refractivity contribution in [1.29, 1.82) is 0 Å². The number of hydrogen-bond donors (Lipinski definition) is 2. The molecule has 0 aromatic carbocycles. The van der Waals surface area contributed by atoms with Crippen LogP contribution in [0.4, 0.5) is 0 Å². The predicted molar refractivity (Wildman–Crippen MR) is 96.0 cm³/mol. The summed E-state index contributed by atoms with van der Waals surface area (Å²) >= 11 is 0. The summed E-state index contributed by atoms with van der Waals surface area (Å²) in [7, 11) is 0. The summed E-state index contributed by atoms with van der Waals surface area (Å²) in [5.41, 5.74) is 5.03. The summed E-state index contributed by atoms with van der Waals surface area (Å²) in [6.07, 6.45) is 3.85. The van der Waals surface area contributed by atoms with Gasteiger partial charge in [-0.3, -0.25) is 0 Å². The Hall–Kier alpha value is -0.0800. The van der Waals surface area contributed by atoms with Crippen LogP contribution in [-0.2, 0) is 0 Å². The van der Waals surface area contributed by atoms with Crippen molar-refractivity contribution in [2.75, 3.05) is 19.6 Å². The number of nitrogens with two attached hydrogens (primary N) is 1. The van der Waals surface area contributed by atoms with Crippen LogP contribution < -0.4 is 11.1 Å². The van der Waals surface area contributed by atoms with Crippen molar-refractivity contribution >= 4 is 0 Å². The van der Waals surface area contributed by atoms with Gasteiger partial charge in [0.25, 0.3) is 0 Å².